The first-order valence-electron chi connectivity index (χ1n) is 27.8. The number of carbonyl (C=O) groups excluding carboxylic acids is 10. The first-order chi connectivity index (χ1) is 39.7. The van der Waals surface area contributed by atoms with Crippen molar-refractivity contribution in [1.82, 2.24) is 31.9 Å². The molecule has 4 aromatic carbocycles. The predicted octanol–water partition coefficient (Wildman–Crippen LogP) is 3.12. The van der Waals surface area contributed by atoms with Gasteiger partial charge in [-0.3, -0.25) is 47.9 Å². The van der Waals surface area contributed by atoms with Gasteiger partial charge < -0.3 is 67.5 Å². The number of hydrogen-bond acceptors (Lipinski definition) is 13. The van der Waals surface area contributed by atoms with Crippen LogP contribution in [-0.4, -0.2) is 154 Å². The third-order valence-corrected chi connectivity index (χ3v) is 15.7. The standard InChI is InChI=1S/C58H73Cl2N11O12/c1-31-52(61)58(81)63-20-24-83-22-18-47(73)65-33(3)55(78)67-35(5)57(80)69-43-26-45-51(41-14-9-7-12-39(41)43)37(28-60)30-71(45)49(75)16-10-15-48(74)70-29-36(27-59)50-40-13-8-6-11-38(40)42(25-44(50)70)68-56(79)34(4)66-54(77)32(2)64-46(72)17-21-82-23-19-62-53(31)76/h6-9,11-14,25-26,31-37,52H,10,15-24,27-30,61H2,1-5H3,(H,62,76)(H,63,81)(H,64,72)(H,65,73)(H,66,77)(H,67,78)(H,68,79)(H,69,80)/t31?,32?,33?,34?,35?,36-,37-,52?/m1/s1. The van der Waals surface area contributed by atoms with Crippen molar-refractivity contribution in [1.29, 1.82) is 0 Å². The Bertz CT molecular complexity index is 2930. The molecule has 0 radical (unpaired) electrons. The van der Waals surface area contributed by atoms with E-state index in [2.05, 4.69) is 42.5 Å². The van der Waals surface area contributed by atoms with Crippen molar-refractivity contribution in [2.45, 2.75) is 109 Å². The summed E-state index contributed by atoms with van der Waals surface area (Å²) in [5.41, 5.74) is 9.60. The predicted molar refractivity (Wildman–Crippen MR) is 315 cm³/mol. The molecule has 0 saturated heterocycles. The van der Waals surface area contributed by atoms with Gasteiger partial charge in [-0.05, 0) is 68.1 Å². The first kappa shape index (κ1) is 63.1. The van der Waals surface area contributed by atoms with Gasteiger partial charge in [-0.25, -0.2) is 0 Å². The molecule has 3 aliphatic heterocycles. The molecule has 4 aromatic rings. The lowest BCUT2D eigenvalue weighted by molar-refractivity contribution is -0.131. The smallest absolute Gasteiger partial charge is 0.246 e. The molecule has 0 saturated carbocycles. The molecule has 6 unspecified atom stereocenters. The van der Waals surface area contributed by atoms with Crippen molar-refractivity contribution < 1.29 is 57.4 Å². The number of carbonyl (C=O) groups is 10. The Balaban J connectivity index is 1.07. The maximum atomic E-state index is 14.3. The number of anilines is 4. The number of benzene rings is 4. The van der Waals surface area contributed by atoms with Gasteiger partial charge in [0.25, 0.3) is 0 Å². The number of rotatable bonds is 2. The number of halogens is 2. The monoisotopic (exact) mass is 1190 g/mol. The Morgan fingerprint density at radius 1 is 0.494 bits per heavy atom. The fourth-order valence-electron chi connectivity index (χ4n) is 10.2. The summed E-state index contributed by atoms with van der Waals surface area (Å²) in [4.78, 5) is 137. The lowest BCUT2D eigenvalue weighted by Gasteiger charge is -2.22. The molecule has 0 aliphatic carbocycles. The molecule has 446 valence electrons. The van der Waals surface area contributed by atoms with E-state index in [4.69, 9.17) is 38.4 Å². The molecule has 3 heterocycles. The van der Waals surface area contributed by atoms with Crippen molar-refractivity contribution in [3.05, 3.63) is 71.8 Å². The van der Waals surface area contributed by atoms with Gasteiger partial charge in [0, 0.05) is 97.6 Å². The van der Waals surface area contributed by atoms with E-state index in [0.717, 1.165) is 21.9 Å². The molecule has 10 N–H and O–H groups in total. The Kier molecular flexibility index (Phi) is 22.2. The number of ether oxygens (including phenoxy) is 2. The number of fused-ring (bicyclic) bond motifs is 8. The average molecular weight is 1190 g/mol. The average Bonchev–Trinajstić information content (AvgIpc) is 3.28. The zero-order chi connectivity index (χ0) is 60.1. The maximum Gasteiger partial charge on any atom is 0.246 e. The third-order valence-electron chi connectivity index (χ3n) is 14.9. The molecule has 0 fully saturated rings. The van der Waals surface area contributed by atoms with Gasteiger partial charge in [0.1, 0.15) is 24.2 Å². The number of nitrogens with two attached hydrogens (primary N) is 1. The minimum Gasteiger partial charge on any atom is -0.379 e. The largest absolute Gasteiger partial charge is 0.379 e. The van der Waals surface area contributed by atoms with E-state index in [0.29, 0.717) is 33.5 Å². The van der Waals surface area contributed by atoms with E-state index in [-0.39, 0.29) is 120 Å². The lowest BCUT2D eigenvalue weighted by Crippen LogP contribution is -2.50. The summed E-state index contributed by atoms with van der Waals surface area (Å²) in [6.07, 6.45) is -0.0608. The van der Waals surface area contributed by atoms with Crippen LogP contribution in [0.1, 0.15) is 89.7 Å². The Labute approximate surface area is 490 Å². The van der Waals surface area contributed by atoms with E-state index in [1.807, 2.05) is 48.5 Å². The molecule has 0 aromatic heterocycles. The van der Waals surface area contributed by atoms with Crippen LogP contribution in [0.4, 0.5) is 22.7 Å². The van der Waals surface area contributed by atoms with Crippen LogP contribution in [0.5, 0.6) is 0 Å². The minimum atomic E-state index is -1.20. The number of hydrogen-bond donors (Lipinski definition) is 9. The van der Waals surface area contributed by atoms with Crippen molar-refractivity contribution >= 4 is 127 Å². The van der Waals surface area contributed by atoms with Gasteiger partial charge >= 0.3 is 0 Å². The van der Waals surface area contributed by atoms with Crippen LogP contribution in [0.2, 0.25) is 0 Å². The van der Waals surface area contributed by atoms with E-state index in [9.17, 15) is 47.9 Å². The molecule has 4 bridgehead atoms. The Morgan fingerprint density at radius 3 is 1.29 bits per heavy atom. The molecule has 23 nitrogen and oxygen atoms in total. The van der Waals surface area contributed by atoms with Crippen LogP contribution in [-0.2, 0) is 57.4 Å². The topological polar surface area (TPSA) is 318 Å². The highest BCUT2D eigenvalue weighted by Crippen LogP contribution is 2.47. The number of nitrogens with zero attached hydrogens (tertiary/aromatic N) is 2. The molecular formula is C58H73Cl2N11O12. The molecule has 8 atom stereocenters. The lowest BCUT2D eigenvalue weighted by atomic mass is 9.95. The Hall–Kier alpha value is -7.44. The number of alkyl halides is 2. The summed E-state index contributed by atoms with van der Waals surface area (Å²) in [7, 11) is 0. The Morgan fingerprint density at radius 2 is 0.880 bits per heavy atom. The highest BCUT2D eigenvalue weighted by Gasteiger charge is 2.37. The van der Waals surface area contributed by atoms with Crippen molar-refractivity contribution in [2.24, 2.45) is 11.7 Å². The zero-order valence-corrected chi connectivity index (χ0v) is 48.6. The van der Waals surface area contributed by atoms with E-state index >= 15 is 0 Å². The summed E-state index contributed by atoms with van der Waals surface area (Å²) < 4.78 is 11.0. The van der Waals surface area contributed by atoms with Crippen LogP contribution >= 0.6 is 23.2 Å². The van der Waals surface area contributed by atoms with Crippen LogP contribution in [0.25, 0.3) is 21.5 Å². The second kappa shape index (κ2) is 29.2. The fourth-order valence-corrected chi connectivity index (χ4v) is 10.7. The molecule has 25 heteroatoms. The molecule has 7 rings (SSSR count). The van der Waals surface area contributed by atoms with Crippen molar-refractivity contribution in [3.63, 3.8) is 0 Å². The van der Waals surface area contributed by atoms with Gasteiger partial charge in [0.15, 0.2) is 0 Å². The van der Waals surface area contributed by atoms with E-state index in [1.54, 1.807) is 21.9 Å². The van der Waals surface area contributed by atoms with E-state index in [1.165, 1.54) is 34.6 Å². The molecule has 10 amide bonds. The van der Waals surface area contributed by atoms with Gasteiger partial charge in [-0.2, -0.15) is 0 Å². The number of nitrogens with one attached hydrogen (secondary N) is 8. The van der Waals surface area contributed by atoms with Crippen LogP contribution in [0, 0.1) is 5.92 Å². The highest BCUT2D eigenvalue weighted by molar-refractivity contribution is 6.20. The summed E-state index contributed by atoms with van der Waals surface area (Å²) in [5, 5.41) is 24.5. The van der Waals surface area contributed by atoms with Crippen molar-refractivity contribution in [3.8, 4) is 0 Å². The molecule has 3 aliphatic rings. The summed E-state index contributed by atoms with van der Waals surface area (Å²) in [6.45, 7) is 7.98. The summed E-state index contributed by atoms with van der Waals surface area (Å²) in [5.74, 6) is -6.05. The van der Waals surface area contributed by atoms with Gasteiger partial charge in [0.05, 0.1) is 49.8 Å². The quantitative estimate of drug-likeness (QED) is 0.131. The van der Waals surface area contributed by atoms with Gasteiger partial charge in [-0.1, -0.05) is 55.5 Å². The van der Waals surface area contributed by atoms with Crippen LogP contribution in [0.15, 0.2) is 60.7 Å². The second-order valence-electron chi connectivity index (χ2n) is 21.0. The minimum absolute atomic E-state index is 0.00451. The molecule has 0 spiro atoms. The summed E-state index contributed by atoms with van der Waals surface area (Å²) in [6, 6.07) is 12.8. The van der Waals surface area contributed by atoms with Crippen LogP contribution in [0.3, 0.4) is 0 Å². The fraction of sp³-hybridized carbons (Fsp3) is 0.483. The first-order valence-corrected chi connectivity index (χ1v) is 28.9. The zero-order valence-electron chi connectivity index (χ0n) is 47.1. The normalized spacial score (nSPS) is 25.4. The van der Waals surface area contributed by atoms with Gasteiger partial charge in [-0.15, -0.1) is 23.2 Å². The highest BCUT2D eigenvalue weighted by atomic mass is 35.5. The number of amides is 10. The maximum absolute atomic E-state index is 14.3. The molecule has 83 heavy (non-hydrogen) atoms. The molecular weight excluding hydrogens is 1110 g/mol. The second-order valence-corrected chi connectivity index (χ2v) is 21.6. The van der Waals surface area contributed by atoms with Crippen LogP contribution < -0.4 is 58.1 Å². The van der Waals surface area contributed by atoms with Gasteiger partial charge in [0.2, 0.25) is 59.1 Å². The van der Waals surface area contributed by atoms with Crippen molar-refractivity contribution in [2.75, 3.05) is 84.8 Å². The third kappa shape index (κ3) is 15.6. The summed E-state index contributed by atoms with van der Waals surface area (Å²) >= 11 is 13.1. The van der Waals surface area contributed by atoms with E-state index < -0.39 is 83.4 Å². The SMILES string of the molecule is CC1NC(=O)CCOCCNC(=O)C(C)C(N)C(=O)NCCOCCC(=O)NC(C)C(=O)NC(C)C(=O)Nc2cc3c(c4ccccc24)[C@H](CCl)CN3C(=O)CCCC(=O)N2C[C@@H](CCl)c3c2cc(c2ccccc32)NC(=O)C(C)NC1=O.